The van der Waals surface area contributed by atoms with E-state index in [2.05, 4.69) is 38.3 Å². The van der Waals surface area contributed by atoms with Gasteiger partial charge in [-0.25, -0.2) is 0 Å². The molecule has 0 atom stereocenters. The minimum absolute atomic E-state index is 0.00143. The van der Waals surface area contributed by atoms with Crippen molar-refractivity contribution in [3.05, 3.63) is 48.0 Å². The number of hydrogen-bond donors (Lipinski definition) is 2. The van der Waals surface area contributed by atoms with Crippen molar-refractivity contribution in [3.8, 4) is 5.75 Å². The SMILES string of the molecule is CCCCCCCC(=O)Nc1ccc(N2CCN(c3ccccc3OC)CC2)c(C(=O)NCCCN2CCOCC2)c1. The number of anilines is 3. The van der Waals surface area contributed by atoms with Gasteiger partial charge in [-0.1, -0.05) is 44.7 Å². The van der Waals surface area contributed by atoms with Gasteiger partial charge in [0.25, 0.3) is 5.91 Å². The summed E-state index contributed by atoms with van der Waals surface area (Å²) in [7, 11) is 1.70. The zero-order chi connectivity index (χ0) is 29.6. The molecule has 0 unspecified atom stereocenters. The summed E-state index contributed by atoms with van der Waals surface area (Å²) in [4.78, 5) is 33.2. The van der Waals surface area contributed by atoms with Crippen LogP contribution in [0.5, 0.6) is 5.75 Å². The van der Waals surface area contributed by atoms with E-state index < -0.39 is 0 Å². The van der Waals surface area contributed by atoms with Crippen LogP contribution in [0.15, 0.2) is 42.5 Å². The summed E-state index contributed by atoms with van der Waals surface area (Å²) in [5, 5.41) is 6.17. The molecule has 2 aromatic rings. The average molecular weight is 580 g/mol. The molecule has 9 heteroatoms. The molecule has 2 aliphatic rings. The van der Waals surface area contributed by atoms with E-state index in [4.69, 9.17) is 9.47 Å². The third-order valence-corrected chi connectivity index (χ3v) is 8.12. The maximum atomic E-state index is 13.5. The van der Waals surface area contributed by atoms with Crippen LogP contribution in [0.1, 0.15) is 62.2 Å². The summed E-state index contributed by atoms with van der Waals surface area (Å²) >= 11 is 0. The fourth-order valence-corrected chi connectivity index (χ4v) is 5.69. The number of benzene rings is 2. The van der Waals surface area contributed by atoms with Crippen LogP contribution in [0.3, 0.4) is 0 Å². The summed E-state index contributed by atoms with van der Waals surface area (Å²) in [6, 6.07) is 13.8. The highest BCUT2D eigenvalue weighted by atomic mass is 16.5. The summed E-state index contributed by atoms with van der Waals surface area (Å²) in [5.41, 5.74) is 3.26. The number of unbranched alkanes of at least 4 members (excludes halogenated alkanes) is 4. The number of carbonyl (C=O) groups excluding carboxylic acids is 2. The smallest absolute Gasteiger partial charge is 0.253 e. The minimum Gasteiger partial charge on any atom is -0.495 e. The predicted molar refractivity (Wildman–Crippen MR) is 170 cm³/mol. The van der Waals surface area contributed by atoms with Crippen LogP contribution in [0.4, 0.5) is 17.1 Å². The highest BCUT2D eigenvalue weighted by Gasteiger charge is 2.24. The van der Waals surface area contributed by atoms with E-state index >= 15 is 0 Å². The van der Waals surface area contributed by atoms with Gasteiger partial charge >= 0.3 is 0 Å². The van der Waals surface area contributed by atoms with Crippen molar-refractivity contribution in [3.63, 3.8) is 0 Å². The number of hydrogen-bond acceptors (Lipinski definition) is 7. The highest BCUT2D eigenvalue weighted by molar-refractivity contribution is 6.02. The van der Waals surface area contributed by atoms with E-state index in [1.165, 1.54) is 19.3 Å². The van der Waals surface area contributed by atoms with E-state index in [0.717, 1.165) is 95.4 Å². The number of nitrogens with zero attached hydrogens (tertiary/aromatic N) is 3. The first-order chi connectivity index (χ1) is 20.6. The molecule has 2 aliphatic heterocycles. The van der Waals surface area contributed by atoms with Crippen LogP contribution in [0.2, 0.25) is 0 Å². The largest absolute Gasteiger partial charge is 0.495 e. The Bertz CT molecular complexity index is 1130. The van der Waals surface area contributed by atoms with Gasteiger partial charge < -0.3 is 29.9 Å². The molecule has 2 heterocycles. The number of morpholine rings is 1. The monoisotopic (exact) mass is 579 g/mol. The third kappa shape index (κ3) is 9.36. The normalized spacial score (nSPS) is 15.9. The molecule has 9 nitrogen and oxygen atoms in total. The molecule has 0 bridgehead atoms. The highest BCUT2D eigenvalue weighted by Crippen LogP contribution is 2.31. The topological polar surface area (TPSA) is 86.4 Å². The number of para-hydroxylation sites is 2. The molecule has 0 spiro atoms. The molecule has 2 N–H and O–H groups in total. The number of nitrogens with one attached hydrogen (secondary N) is 2. The molecule has 230 valence electrons. The summed E-state index contributed by atoms with van der Waals surface area (Å²) in [6.07, 6.45) is 6.90. The first-order valence-electron chi connectivity index (χ1n) is 15.7. The second kappa shape index (κ2) is 17.0. The Morgan fingerprint density at radius 1 is 0.857 bits per heavy atom. The predicted octanol–water partition coefficient (Wildman–Crippen LogP) is 4.77. The van der Waals surface area contributed by atoms with E-state index in [0.29, 0.717) is 24.2 Å². The van der Waals surface area contributed by atoms with Crippen LogP contribution in [-0.2, 0) is 9.53 Å². The van der Waals surface area contributed by atoms with Crippen LogP contribution in [0.25, 0.3) is 0 Å². The quantitative estimate of drug-likeness (QED) is 0.294. The van der Waals surface area contributed by atoms with Crippen molar-refractivity contribution in [1.29, 1.82) is 0 Å². The molecule has 0 saturated carbocycles. The lowest BCUT2D eigenvalue weighted by Crippen LogP contribution is -2.47. The van der Waals surface area contributed by atoms with E-state index in [-0.39, 0.29) is 11.8 Å². The lowest BCUT2D eigenvalue weighted by molar-refractivity contribution is -0.116. The molecule has 2 aromatic carbocycles. The molecule has 2 saturated heterocycles. The molecule has 4 rings (SSSR count). The van der Waals surface area contributed by atoms with Gasteiger partial charge in [0.2, 0.25) is 5.91 Å². The number of piperazine rings is 1. The van der Waals surface area contributed by atoms with Crippen molar-refractivity contribution in [2.24, 2.45) is 0 Å². The molecule has 42 heavy (non-hydrogen) atoms. The van der Waals surface area contributed by atoms with E-state index in [9.17, 15) is 9.59 Å². The molecule has 0 aliphatic carbocycles. The van der Waals surface area contributed by atoms with Crippen molar-refractivity contribution in [2.45, 2.75) is 51.9 Å². The van der Waals surface area contributed by atoms with E-state index in [1.54, 1.807) is 7.11 Å². The third-order valence-electron chi connectivity index (χ3n) is 8.12. The van der Waals surface area contributed by atoms with Crippen LogP contribution < -0.4 is 25.2 Å². The average Bonchev–Trinajstić information content (AvgIpc) is 3.03. The van der Waals surface area contributed by atoms with Crippen LogP contribution in [-0.4, -0.2) is 89.4 Å². The Morgan fingerprint density at radius 3 is 2.31 bits per heavy atom. The van der Waals surface area contributed by atoms with Gasteiger partial charge in [-0.3, -0.25) is 14.5 Å². The Hall–Kier alpha value is -3.30. The van der Waals surface area contributed by atoms with Crippen molar-refractivity contribution < 1.29 is 19.1 Å². The zero-order valence-electron chi connectivity index (χ0n) is 25.5. The van der Waals surface area contributed by atoms with Crippen LogP contribution >= 0.6 is 0 Å². The first-order valence-corrected chi connectivity index (χ1v) is 15.7. The second-order valence-corrected chi connectivity index (χ2v) is 11.2. The Balaban J connectivity index is 1.40. The van der Waals surface area contributed by atoms with Crippen molar-refractivity contribution in [2.75, 3.05) is 87.8 Å². The van der Waals surface area contributed by atoms with Crippen LogP contribution in [0, 0.1) is 0 Å². The lowest BCUT2D eigenvalue weighted by Gasteiger charge is -2.38. The minimum atomic E-state index is -0.102. The van der Waals surface area contributed by atoms with Crippen molar-refractivity contribution in [1.82, 2.24) is 10.2 Å². The number of methoxy groups -OCH3 is 1. The number of carbonyl (C=O) groups is 2. The van der Waals surface area contributed by atoms with Gasteiger partial charge in [0.1, 0.15) is 5.75 Å². The second-order valence-electron chi connectivity index (χ2n) is 11.2. The van der Waals surface area contributed by atoms with Crippen molar-refractivity contribution >= 4 is 28.9 Å². The van der Waals surface area contributed by atoms with Gasteiger partial charge in [0.15, 0.2) is 0 Å². The standard InChI is InChI=1S/C33H49N5O4/c1-3-4-5-6-7-13-32(39)35-27-14-15-29(28(26-27)33(40)34-16-10-17-36-22-24-42-25-23-36)37-18-20-38(21-19-37)30-11-8-9-12-31(30)41-2/h8-9,11-12,14-15,26H,3-7,10,13,16-25H2,1-2H3,(H,34,40)(H,35,39). The molecular weight excluding hydrogens is 530 g/mol. The number of amides is 2. The van der Waals surface area contributed by atoms with Gasteiger partial charge in [-0.15, -0.1) is 0 Å². The Labute approximate surface area is 251 Å². The summed E-state index contributed by atoms with van der Waals surface area (Å²) in [6.45, 7) is 10.4. The Kier molecular flexibility index (Phi) is 12.8. The molecular formula is C33H49N5O4. The zero-order valence-corrected chi connectivity index (χ0v) is 25.5. The molecule has 0 aromatic heterocycles. The fraction of sp³-hybridized carbons (Fsp3) is 0.576. The summed E-state index contributed by atoms with van der Waals surface area (Å²) in [5.74, 6) is 0.768. The Morgan fingerprint density at radius 2 is 1.57 bits per heavy atom. The van der Waals surface area contributed by atoms with E-state index in [1.807, 2.05) is 36.4 Å². The maximum Gasteiger partial charge on any atom is 0.253 e. The number of ether oxygens (including phenoxy) is 2. The molecule has 2 fully saturated rings. The fourth-order valence-electron chi connectivity index (χ4n) is 5.69. The molecule has 2 amide bonds. The van der Waals surface area contributed by atoms with Gasteiger partial charge in [0.05, 0.1) is 31.6 Å². The number of rotatable bonds is 15. The van der Waals surface area contributed by atoms with Gasteiger partial charge in [0, 0.05) is 63.6 Å². The molecule has 0 radical (unpaired) electrons. The lowest BCUT2D eigenvalue weighted by atomic mass is 10.1. The maximum absolute atomic E-state index is 13.5. The summed E-state index contributed by atoms with van der Waals surface area (Å²) < 4.78 is 11.0. The first kappa shape index (κ1) is 31.6. The van der Waals surface area contributed by atoms with Gasteiger partial charge in [-0.05, 0) is 49.7 Å². The van der Waals surface area contributed by atoms with Gasteiger partial charge in [-0.2, -0.15) is 0 Å².